The number of hydrogen-bond donors (Lipinski definition) is 1. The third-order valence-corrected chi connectivity index (χ3v) is 5.92. The van der Waals surface area contributed by atoms with Gasteiger partial charge in [-0.1, -0.05) is 0 Å². The molecule has 0 aromatic heterocycles. The van der Waals surface area contributed by atoms with Crippen LogP contribution in [0.1, 0.15) is 25.7 Å². The van der Waals surface area contributed by atoms with Crippen molar-refractivity contribution in [2.24, 2.45) is 0 Å². The van der Waals surface area contributed by atoms with Crippen LogP contribution >= 0.6 is 11.8 Å². The van der Waals surface area contributed by atoms with Crippen LogP contribution in [0.15, 0.2) is 0 Å². The van der Waals surface area contributed by atoms with Crippen molar-refractivity contribution < 1.29 is 14.3 Å². The van der Waals surface area contributed by atoms with E-state index < -0.39 is 0 Å². The fourth-order valence-electron chi connectivity index (χ4n) is 3.42. The average Bonchev–Trinajstić information content (AvgIpc) is 2.96. The van der Waals surface area contributed by atoms with Gasteiger partial charge in [0.05, 0.1) is 18.8 Å². The quantitative estimate of drug-likeness (QED) is 0.835. The van der Waals surface area contributed by atoms with Gasteiger partial charge >= 0.3 is 0 Å². The van der Waals surface area contributed by atoms with Gasteiger partial charge in [0.25, 0.3) is 0 Å². The molecule has 1 amide bonds. The molecule has 1 N–H and O–H groups in total. The highest BCUT2D eigenvalue weighted by molar-refractivity contribution is 7.99. The molecule has 3 aliphatic heterocycles. The highest BCUT2D eigenvalue weighted by Gasteiger charge is 2.40. The molecule has 0 aromatic rings. The van der Waals surface area contributed by atoms with Crippen LogP contribution in [-0.4, -0.2) is 73.4 Å². The molecule has 0 aromatic carbocycles. The van der Waals surface area contributed by atoms with Crippen LogP contribution < -0.4 is 5.32 Å². The first-order valence-corrected chi connectivity index (χ1v) is 9.24. The molecule has 0 aliphatic carbocycles. The van der Waals surface area contributed by atoms with Crippen LogP contribution in [-0.2, 0) is 14.3 Å². The van der Waals surface area contributed by atoms with Crippen molar-refractivity contribution in [2.75, 3.05) is 51.0 Å². The Morgan fingerprint density at radius 1 is 1.33 bits per heavy atom. The van der Waals surface area contributed by atoms with Gasteiger partial charge in [-0.05, 0) is 25.0 Å². The van der Waals surface area contributed by atoms with Crippen LogP contribution in [0.25, 0.3) is 0 Å². The minimum atomic E-state index is 0.120. The van der Waals surface area contributed by atoms with Gasteiger partial charge < -0.3 is 19.7 Å². The van der Waals surface area contributed by atoms with E-state index in [2.05, 4.69) is 5.32 Å². The minimum absolute atomic E-state index is 0.120. The van der Waals surface area contributed by atoms with Crippen LogP contribution in [0.3, 0.4) is 0 Å². The van der Waals surface area contributed by atoms with Gasteiger partial charge in [-0.2, -0.15) is 11.8 Å². The topological polar surface area (TPSA) is 50.8 Å². The van der Waals surface area contributed by atoms with Gasteiger partial charge in [-0.15, -0.1) is 0 Å². The van der Waals surface area contributed by atoms with Gasteiger partial charge in [0.2, 0.25) is 5.91 Å². The second-order valence-electron chi connectivity index (χ2n) is 6.22. The summed E-state index contributed by atoms with van der Waals surface area (Å²) in [6.07, 6.45) is 3.95. The van der Waals surface area contributed by atoms with E-state index in [1.54, 1.807) is 0 Å². The van der Waals surface area contributed by atoms with Gasteiger partial charge in [0.15, 0.2) is 0 Å². The van der Waals surface area contributed by atoms with E-state index >= 15 is 0 Å². The second-order valence-corrected chi connectivity index (χ2v) is 7.33. The molecule has 0 saturated carbocycles. The summed E-state index contributed by atoms with van der Waals surface area (Å²) in [6.45, 7) is 4.49. The monoisotopic (exact) mass is 314 g/mol. The normalized spacial score (nSPS) is 33.5. The standard InChI is InChI=1S/C15H26N2O3S/c18-14(17-5-8-19-9-6-17)1-4-16-13-2-7-20-15(11-13)3-10-21-12-15/h13,16H,1-12H2. The van der Waals surface area contributed by atoms with Crippen LogP contribution in [0.2, 0.25) is 0 Å². The summed E-state index contributed by atoms with van der Waals surface area (Å²) >= 11 is 2.00. The summed E-state index contributed by atoms with van der Waals surface area (Å²) in [5.74, 6) is 2.61. The summed E-state index contributed by atoms with van der Waals surface area (Å²) in [5, 5.41) is 3.57. The Morgan fingerprint density at radius 2 is 2.19 bits per heavy atom. The summed E-state index contributed by atoms with van der Waals surface area (Å²) in [5.41, 5.74) is 0.120. The summed E-state index contributed by atoms with van der Waals surface area (Å²) in [7, 11) is 0. The molecule has 3 saturated heterocycles. The first-order chi connectivity index (χ1) is 10.3. The van der Waals surface area contributed by atoms with E-state index in [9.17, 15) is 4.79 Å². The number of thioether (sulfide) groups is 1. The lowest BCUT2D eigenvalue weighted by Gasteiger charge is -2.38. The zero-order chi connectivity index (χ0) is 14.5. The molecule has 3 fully saturated rings. The Morgan fingerprint density at radius 3 is 2.95 bits per heavy atom. The first-order valence-electron chi connectivity index (χ1n) is 8.08. The van der Waals surface area contributed by atoms with Gasteiger partial charge in [0, 0.05) is 44.5 Å². The van der Waals surface area contributed by atoms with Gasteiger partial charge in [-0.25, -0.2) is 0 Å². The van der Waals surface area contributed by atoms with Crippen molar-refractivity contribution in [1.29, 1.82) is 0 Å². The molecule has 2 unspecified atom stereocenters. The van der Waals surface area contributed by atoms with E-state index in [0.29, 0.717) is 25.7 Å². The van der Waals surface area contributed by atoms with E-state index in [-0.39, 0.29) is 11.5 Å². The zero-order valence-corrected chi connectivity index (χ0v) is 13.5. The number of rotatable bonds is 4. The maximum absolute atomic E-state index is 12.1. The molecule has 1 spiro atoms. The highest BCUT2D eigenvalue weighted by Crippen LogP contribution is 2.38. The summed E-state index contributed by atoms with van der Waals surface area (Å²) in [4.78, 5) is 14.0. The average molecular weight is 314 g/mol. The van der Waals surface area contributed by atoms with Crippen LogP contribution in [0.5, 0.6) is 0 Å². The van der Waals surface area contributed by atoms with E-state index in [0.717, 1.165) is 44.8 Å². The Balaban J connectivity index is 1.37. The van der Waals surface area contributed by atoms with Crippen molar-refractivity contribution in [3.05, 3.63) is 0 Å². The van der Waals surface area contributed by atoms with Gasteiger partial charge in [0.1, 0.15) is 0 Å². The Kier molecular flexibility index (Phi) is 5.43. The van der Waals surface area contributed by atoms with Crippen molar-refractivity contribution >= 4 is 17.7 Å². The van der Waals surface area contributed by atoms with Crippen molar-refractivity contribution in [3.8, 4) is 0 Å². The lowest BCUT2D eigenvalue weighted by molar-refractivity contribution is -0.135. The zero-order valence-electron chi connectivity index (χ0n) is 12.6. The molecule has 3 rings (SSSR count). The van der Waals surface area contributed by atoms with E-state index in [4.69, 9.17) is 9.47 Å². The number of nitrogens with one attached hydrogen (secondary N) is 1. The third kappa shape index (κ3) is 4.12. The fourth-order valence-corrected chi connectivity index (χ4v) is 4.80. The number of morpholine rings is 1. The minimum Gasteiger partial charge on any atom is -0.378 e. The molecular formula is C15H26N2O3S. The molecule has 3 heterocycles. The number of amides is 1. The molecule has 120 valence electrons. The van der Waals surface area contributed by atoms with E-state index in [1.165, 1.54) is 12.2 Å². The maximum Gasteiger partial charge on any atom is 0.224 e. The molecule has 0 bridgehead atoms. The third-order valence-electron chi connectivity index (χ3n) is 4.70. The predicted molar refractivity (Wildman–Crippen MR) is 83.7 cm³/mol. The predicted octanol–water partition coefficient (Wildman–Crippen LogP) is 0.880. The van der Waals surface area contributed by atoms with Crippen molar-refractivity contribution in [1.82, 2.24) is 10.2 Å². The second kappa shape index (κ2) is 7.31. The molecule has 0 radical (unpaired) electrons. The fraction of sp³-hybridized carbons (Fsp3) is 0.933. The molecule has 3 aliphatic rings. The number of hydrogen-bond acceptors (Lipinski definition) is 5. The van der Waals surface area contributed by atoms with E-state index in [1.807, 2.05) is 16.7 Å². The maximum atomic E-state index is 12.1. The number of carbonyl (C=O) groups excluding carboxylic acids is 1. The number of carbonyl (C=O) groups is 1. The van der Waals surface area contributed by atoms with Crippen LogP contribution in [0.4, 0.5) is 0 Å². The summed E-state index contributed by atoms with van der Waals surface area (Å²) < 4.78 is 11.3. The Bertz CT molecular complexity index is 355. The lowest BCUT2D eigenvalue weighted by atomic mass is 9.90. The largest absolute Gasteiger partial charge is 0.378 e. The molecule has 2 atom stereocenters. The lowest BCUT2D eigenvalue weighted by Crippen LogP contribution is -2.48. The van der Waals surface area contributed by atoms with Crippen molar-refractivity contribution in [2.45, 2.75) is 37.3 Å². The molecule has 5 nitrogen and oxygen atoms in total. The number of ether oxygens (including phenoxy) is 2. The molecule has 21 heavy (non-hydrogen) atoms. The number of nitrogens with zero attached hydrogens (tertiary/aromatic N) is 1. The highest BCUT2D eigenvalue weighted by atomic mass is 32.2. The van der Waals surface area contributed by atoms with Crippen molar-refractivity contribution in [3.63, 3.8) is 0 Å². The smallest absolute Gasteiger partial charge is 0.224 e. The summed E-state index contributed by atoms with van der Waals surface area (Å²) in [6, 6.07) is 0.509. The Labute approximate surface area is 131 Å². The Hall–Kier alpha value is -0.300. The van der Waals surface area contributed by atoms with Crippen LogP contribution in [0, 0.1) is 0 Å². The molecule has 6 heteroatoms. The van der Waals surface area contributed by atoms with Gasteiger partial charge in [-0.3, -0.25) is 4.79 Å². The first kappa shape index (κ1) is 15.6. The molecular weight excluding hydrogens is 288 g/mol. The SMILES string of the molecule is O=C(CCNC1CCOC2(CCSC2)C1)N1CCOCC1.